The van der Waals surface area contributed by atoms with Gasteiger partial charge in [-0.1, -0.05) is 146 Å². The van der Waals surface area contributed by atoms with Crippen LogP contribution in [0.4, 0.5) is 0 Å². The maximum absolute atomic E-state index is 12.0. The molecular weight excluding hydrogens is 916 g/mol. The number of rotatable bonds is 3. The molecule has 16 heteroatoms. The zero-order chi connectivity index (χ0) is 45.5. The molecular formula is C51H33AlN6O6S3. The summed E-state index contributed by atoms with van der Waals surface area (Å²) in [6, 6.07) is 55.3. The fourth-order valence-corrected chi connectivity index (χ4v) is 11.2. The summed E-state index contributed by atoms with van der Waals surface area (Å²) >= 11 is 0. The second-order valence-electron chi connectivity index (χ2n) is 15.1. The summed E-state index contributed by atoms with van der Waals surface area (Å²) in [5, 5.41) is 3.13. The maximum Gasteiger partial charge on any atom is 3.00 e. The first-order valence-corrected chi connectivity index (χ1v) is 24.7. The van der Waals surface area contributed by atoms with Crippen molar-refractivity contribution in [1.82, 2.24) is 15.0 Å². The summed E-state index contributed by atoms with van der Waals surface area (Å²) in [7, 11) is -10.8. The third-order valence-electron chi connectivity index (χ3n) is 10.7. The molecule has 324 valence electrons. The monoisotopic (exact) mass is 948 g/mol. The van der Waals surface area contributed by atoms with Gasteiger partial charge in [0.2, 0.25) is 0 Å². The zero-order valence-electron chi connectivity index (χ0n) is 35.0. The van der Waals surface area contributed by atoms with Gasteiger partial charge in [0.15, 0.2) is 0 Å². The average molecular weight is 949 g/mol. The van der Waals surface area contributed by atoms with E-state index >= 15 is 0 Å². The molecule has 9 aromatic rings. The van der Waals surface area contributed by atoms with Crippen LogP contribution in [-0.4, -0.2) is 57.6 Å². The summed E-state index contributed by atoms with van der Waals surface area (Å²) < 4.78 is 83.8. The van der Waals surface area contributed by atoms with Gasteiger partial charge < -0.3 is 14.2 Å². The van der Waals surface area contributed by atoms with Crippen molar-refractivity contribution < 1.29 is 25.3 Å². The molecule has 12 rings (SSSR count). The average Bonchev–Trinajstić information content (AvgIpc) is 3.86. The van der Waals surface area contributed by atoms with Gasteiger partial charge >= 0.3 is 17.4 Å². The smallest absolute Gasteiger partial charge is 0.572 e. The Kier molecular flexibility index (Phi) is 12.1. The van der Waals surface area contributed by atoms with Gasteiger partial charge in [0, 0.05) is 16.2 Å². The Morgan fingerprint density at radius 1 is 0.313 bits per heavy atom. The van der Waals surface area contributed by atoms with Gasteiger partial charge in [-0.05, 0) is 71.3 Å². The van der Waals surface area contributed by atoms with Gasteiger partial charge in [-0.25, -0.2) is 40.2 Å². The van der Waals surface area contributed by atoms with Crippen LogP contribution >= 0.6 is 0 Å². The third-order valence-corrected chi connectivity index (χ3v) is 14.7. The molecule has 6 aromatic carbocycles. The summed E-state index contributed by atoms with van der Waals surface area (Å²) in [6.45, 7) is 0. The van der Waals surface area contributed by atoms with Gasteiger partial charge in [-0.15, -0.1) is 17.1 Å². The predicted molar refractivity (Wildman–Crippen MR) is 266 cm³/mol. The van der Waals surface area contributed by atoms with Crippen LogP contribution in [-0.2, 0) is 30.1 Å². The fraction of sp³-hybridized carbons (Fsp3) is 0. The zero-order valence-corrected chi connectivity index (χ0v) is 38.6. The van der Waals surface area contributed by atoms with Crippen LogP contribution in [0.15, 0.2) is 197 Å². The number of aromatic nitrogens is 3. The summed E-state index contributed by atoms with van der Waals surface area (Å²) in [5.74, 6) is 0. The van der Waals surface area contributed by atoms with E-state index in [4.69, 9.17) is 0 Å². The Hall–Kier alpha value is -7.45. The standard InChI is InChI=1S/3C17H11N2O2S.Al/c3*20-22(21)17-8-4-2-6-14(17)16(19-22)11-13-10-9-12-5-1-3-7-15(12)18-13;/h3*1-11H;/q3*-1;+3/b2*16-11-;;. The summed E-state index contributed by atoms with van der Waals surface area (Å²) in [4.78, 5) is 14.3. The Morgan fingerprint density at radius 2 is 0.567 bits per heavy atom. The molecule has 3 aliphatic rings. The van der Waals surface area contributed by atoms with Crippen molar-refractivity contribution in [3.63, 3.8) is 0 Å². The van der Waals surface area contributed by atoms with Crippen LogP contribution in [0.3, 0.4) is 0 Å². The van der Waals surface area contributed by atoms with E-state index in [2.05, 4.69) is 29.1 Å². The van der Waals surface area contributed by atoms with Crippen molar-refractivity contribution in [3.8, 4) is 0 Å². The number of fused-ring (bicyclic) bond motifs is 6. The minimum absolute atomic E-state index is 0. The topological polar surface area (TPSA) is 183 Å². The van der Waals surface area contributed by atoms with Crippen molar-refractivity contribution in [2.45, 2.75) is 14.7 Å². The molecule has 0 bridgehead atoms. The second kappa shape index (κ2) is 18.1. The van der Waals surface area contributed by atoms with E-state index in [1.54, 1.807) is 91.0 Å². The van der Waals surface area contributed by atoms with E-state index in [1.165, 1.54) is 0 Å². The summed E-state index contributed by atoms with van der Waals surface area (Å²) in [5.41, 5.74) is 7.81. The Morgan fingerprint density at radius 3 is 0.866 bits per heavy atom. The van der Waals surface area contributed by atoms with Crippen LogP contribution in [0, 0.1) is 0 Å². The van der Waals surface area contributed by atoms with Crippen molar-refractivity contribution in [2.24, 2.45) is 0 Å². The molecule has 0 amide bonds. The quantitative estimate of drug-likeness (QED) is 0.156. The molecule has 0 atom stereocenters. The molecule has 0 spiro atoms. The molecule has 0 radical (unpaired) electrons. The van der Waals surface area contributed by atoms with E-state index in [0.717, 1.165) is 32.7 Å². The minimum atomic E-state index is -3.59. The molecule has 0 aliphatic carbocycles. The number of pyridine rings is 3. The van der Waals surface area contributed by atoms with Crippen LogP contribution < -0.4 is 0 Å². The number of hydrogen-bond acceptors (Lipinski definition) is 9. The van der Waals surface area contributed by atoms with E-state index in [-0.39, 0.29) is 32.0 Å². The van der Waals surface area contributed by atoms with Crippen LogP contribution in [0.2, 0.25) is 0 Å². The largest absolute Gasteiger partial charge is 3.00 e. The van der Waals surface area contributed by atoms with Crippen LogP contribution in [0.5, 0.6) is 0 Å². The van der Waals surface area contributed by atoms with Crippen molar-refractivity contribution in [3.05, 3.63) is 230 Å². The molecule has 3 aromatic heterocycles. The van der Waals surface area contributed by atoms with Gasteiger partial charge in [-0.2, -0.15) is 0 Å². The van der Waals surface area contributed by atoms with E-state index in [1.807, 2.05) is 109 Å². The van der Waals surface area contributed by atoms with Crippen molar-refractivity contribution in [2.75, 3.05) is 0 Å². The Balaban J connectivity index is 0.000000125. The third kappa shape index (κ3) is 9.22. The Bertz CT molecular complexity index is 3480. The van der Waals surface area contributed by atoms with Gasteiger partial charge in [-0.3, -0.25) is 0 Å². The molecule has 6 heterocycles. The molecule has 0 N–H and O–H groups in total. The van der Waals surface area contributed by atoms with Crippen LogP contribution in [0.1, 0.15) is 33.8 Å². The normalized spacial score (nSPS) is 17.1. The van der Waals surface area contributed by atoms with E-state index < -0.39 is 30.1 Å². The number of hydrogen-bond donors (Lipinski definition) is 0. The maximum atomic E-state index is 12.0. The van der Waals surface area contributed by atoms with Crippen molar-refractivity contribution >= 4 is 115 Å². The van der Waals surface area contributed by atoms with Gasteiger partial charge in [0.1, 0.15) is 30.1 Å². The van der Waals surface area contributed by atoms with Crippen molar-refractivity contribution in [1.29, 1.82) is 0 Å². The first-order valence-electron chi connectivity index (χ1n) is 20.4. The number of para-hydroxylation sites is 3. The van der Waals surface area contributed by atoms with E-state index in [9.17, 15) is 25.3 Å². The molecule has 0 unspecified atom stereocenters. The SMILES string of the molecule is O=S1(=O)[N-]/C(=C\c2ccc3ccccc3n2)c2ccccc21.O=S1(=O)[N-]/C(=C\c2ccc3ccccc3n2)c2ccccc21.O=S1(=O)[N-]C(=Cc2ccc3ccccc3n2)c2ccccc21.[Al+3]. The van der Waals surface area contributed by atoms with Gasteiger partial charge in [0.25, 0.3) is 0 Å². The predicted octanol–water partition coefficient (Wildman–Crippen LogP) is 11.0. The summed E-state index contributed by atoms with van der Waals surface area (Å²) in [6.07, 6.45) is 5.11. The Labute approximate surface area is 397 Å². The number of nitrogens with zero attached hydrogens (tertiary/aromatic N) is 6. The second-order valence-corrected chi connectivity index (χ2v) is 19.8. The molecule has 3 aliphatic heterocycles. The minimum Gasteiger partial charge on any atom is -0.572 e. The molecule has 0 saturated heterocycles. The number of sulfonamides is 3. The molecule has 12 nitrogen and oxygen atoms in total. The molecule has 0 saturated carbocycles. The van der Waals surface area contributed by atoms with Crippen LogP contribution in [0.25, 0.3) is 82.2 Å². The number of benzene rings is 6. The first-order chi connectivity index (χ1) is 31.9. The van der Waals surface area contributed by atoms with Gasteiger partial charge in [0.05, 0.1) is 48.3 Å². The fourth-order valence-electron chi connectivity index (χ4n) is 7.61. The molecule has 0 fully saturated rings. The molecule has 67 heavy (non-hydrogen) atoms. The first kappa shape index (κ1) is 44.7. The van der Waals surface area contributed by atoms with E-state index in [0.29, 0.717) is 50.9 Å².